The zero-order valence-electron chi connectivity index (χ0n) is 15.2. The van der Waals surface area contributed by atoms with Gasteiger partial charge in [0.25, 0.3) is 0 Å². The van der Waals surface area contributed by atoms with Crippen molar-refractivity contribution in [2.75, 3.05) is 19.8 Å². The van der Waals surface area contributed by atoms with E-state index in [1.54, 1.807) is 0 Å². The molecule has 1 saturated heterocycles. The second-order valence-corrected chi connectivity index (χ2v) is 7.20. The molecule has 2 aromatic carbocycles. The van der Waals surface area contributed by atoms with Crippen molar-refractivity contribution in [3.05, 3.63) is 59.2 Å². The molecular weight excluding hydrogens is 342 g/mol. The number of carbonyl (C=O) groups is 2. The van der Waals surface area contributed by atoms with Crippen molar-refractivity contribution in [1.29, 1.82) is 0 Å². The number of benzene rings is 2. The summed E-state index contributed by atoms with van der Waals surface area (Å²) in [7, 11) is 0. The Morgan fingerprint density at radius 1 is 1.11 bits per heavy atom. The second kappa shape index (κ2) is 7.53. The van der Waals surface area contributed by atoms with Crippen molar-refractivity contribution in [2.24, 2.45) is 0 Å². The Balaban J connectivity index is 1.38. The van der Waals surface area contributed by atoms with E-state index in [9.17, 15) is 14.7 Å². The maximum Gasteiger partial charge on any atom is 0.328 e. The van der Waals surface area contributed by atoms with Crippen LogP contribution in [0.15, 0.2) is 42.5 Å². The van der Waals surface area contributed by atoms with Crippen molar-refractivity contribution in [3.8, 4) is 11.1 Å². The zero-order valence-corrected chi connectivity index (χ0v) is 15.2. The molecule has 1 aliphatic heterocycles. The lowest BCUT2D eigenvalue weighted by atomic mass is 10.00. The first-order chi connectivity index (χ1) is 13.1. The van der Waals surface area contributed by atoms with Gasteiger partial charge in [0, 0.05) is 13.0 Å². The molecule has 4 rings (SSSR count). The molecule has 0 spiro atoms. The number of carbonyl (C=O) groups excluding carboxylic acids is 1. The molecule has 1 unspecified atom stereocenters. The number of amides is 1. The lowest BCUT2D eigenvalue weighted by Crippen LogP contribution is -2.52. The summed E-state index contributed by atoms with van der Waals surface area (Å²) in [5, 5.41) is 9.26. The highest BCUT2D eigenvalue weighted by molar-refractivity contribution is 5.84. The van der Waals surface area contributed by atoms with E-state index in [0.29, 0.717) is 26.0 Å². The van der Waals surface area contributed by atoms with E-state index in [2.05, 4.69) is 42.5 Å². The molecule has 1 fully saturated rings. The average molecular weight is 365 g/mol. The molecule has 2 aromatic rings. The van der Waals surface area contributed by atoms with E-state index in [0.717, 1.165) is 12.8 Å². The van der Waals surface area contributed by atoms with E-state index in [-0.39, 0.29) is 12.5 Å². The molecule has 140 valence electrons. The Hall–Kier alpha value is -2.66. The first-order valence-corrected chi connectivity index (χ1v) is 9.43. The Morgan fingerprint density at radius 2 is 1.93 bits per heavy atom. The molecule has 2 aliphatic rings. The van der Waals surface area contributed by atoms with Gasteiger partial charge in [-0.15, -0.1) is 0 Å². The minimum absolute atomic E-state index is 0.0747. The smallest absolute Gasteiger partial charge is 0.328 e. The Bertz CT molecular complexity index is 876. The van der Waals surface area contributed by atoms with Gasteiger partial charge in [-0.2, -0.15) is 0 Å². The molecule has 1 N–H and O–H groups in total. The number of morpholine rings is 1. The Morgan fingerprint density at radius 3 is 2.78 bits per heavy atom. The van der Waals surface area contributed by atoms with Crippen LogP contribution < -0.4 is 0 Å². The first kappa shape index (κ1) is 17.7. The summed E-state index contributed by atoms with van der Waals surface area (Å²) < 4.78 is 5.19. The Labute approximate surface area is 158 Å². The number of carboxylic acids is 1. The molecule has 0 radical (unpaired) electrons. The number of aliphatic carboxylic acids is 1. The quantitative estimate of drug-likeness (QED) is 0.755. The largest absolute Gasteiger partial charge is 0.480 e. The summed E-state index contributed by atoms with van der Waals surface area (Å²) in [5.74, 6) is -1.10. The van der Waals surface area contributed by atoms with Gasteiger partial charge in [0.1, 0.15) is 0 Å². The monoisotopic (exact) mass is 365 g/mol. The summed E-state index contributed by atoms with van der Waals surface area (Å²) in [5.41, 5.74) is 6.55. The van der Waals surface area contributed by atoms with Gasteiger partial charge < -0.3 is 14.7 Å². The fourth-order valence-electron chi connectivity index (χ4n) is 4.02. The third kappa shape index (κ3) is 3.60. The Kier molecular flexibility index (Phi) is 4.94. The van der Waals surface area contributed by atoms with Crippen molar-refractivity contribution in [2.45, 2.75) is 31.7 Å². The molecule has 1 heterocycles. The minimum atomic E-state index is -1.000. The molecule has 0 aromatic heterocycles. The van der Waals surface area contributed by atoms with Gasteiger partial charge in [0.05, 0.1) is 13.2 Å². The highest BCUT2D eigenvalue weighted by Crippen LogP contribution is 2.37. The molecule has 0 bridgehead atoms. The number of hydrogen-bond donors (Lipinski definition) is 1. The van der Waals surface area contributed by atoms with Crippen LogP contribution in [-0.2, 0) is 27.2 Å². The van der Waals surface area contributed by atoms with Crippen LogP contribution >= 0.6 is 0 Å². The fraction of sp³-hybridized carbons (Fsp3) is 0.364. The van der Waals surface area contributed by atoms with Gasteiger partial charge in [-0.3, -0.25) is 4.79 Å². The zero-order chi connectivity index (χ0) is 18.8. The molecule has 0 saturated carbocycles. The van der Waals surface area contributed by atoms with Crippen LogP contribution in [0.1, 0.15) is 29.5 Å². The van der Waals surface area contributed by atoms with Crippen LogP contribution in [0, 0.1) is 0 Å². The lowest BCUT2D eigenvalue weighted by molar-refractivity contribution is -0.158. The highest BCUT2D eigenvalue weighted by Gasteiger charge is 2.32. The third-order valence-electron chi connectivity index (χ3n) is 5.45. The van der Waals surface area contributed by atoms with Gasteiger partial charge in [-0.05, 0) is 47.1 Å². The van der Waals surface area contributed by atoms with Crippen LogP contribution in [0.5, 0.6) is 0 Å². The van der Waals surface area contributed by atoms with E-state index in [4.69, 9.17) is 4.74 Å². The highest BCUT2D eigenvalue weighted by atomic mass is 16.5. The summed E-state index contributed by atoms with van der Waals surface area (Å²) in [6, 6.07) is 14.2. The van der Waals surface area contributed by atoms with E-state index < -0.39 is 12.0 Å². The molecule has 1 atom stereocenters. The van der Waals surface area contributed by atoms with E-state index in [1.807, 2.05) is 0 Å². The topological polar surface area (TPSA) is 66.8 Å². The number of rotatable bonds is 5. The van der Waals surface area contributed by atoms with Crippen molar-refractivity contribution in [3.63, 3.8) is 0 Å². The number of aryl methyl sites for hydroxylation is 1. The number of ether oxygens (including phenoxy) is 1. The summed E-state index contributed by atoms with van der Waals surface area (Å²) in [4.78, 5) is 25.2. The maximum atomic E-state index is 12.5. The number of fused-ring (bicyclic) bond motifs is 3. The van der Waals surface area contributed by atoms with Gasteiger partial charge >= 0.3 is 5.97 Å². The van der Waals surface area contributed by atoms with Crippen LogP contribution in [0.25, 0.3) is 11.1 Å². The van der Waals surface area contributed by atoms with Crippen LogP contribution in [0.4, 0.5) is 0 Å². The van der Waals surface area contributed by atoms with Gasteiger partial charge in [0.2, 0.25) is 5.91 Å². The minimum Gasteiger partial charge on any atom is -0.480 e. The molecule has 1 amide bonds. The van der Waals surface area contributed by atoms with Crippen molar-refractivity contribution in [1.82, 2.24) is 4.90 Å². The maximum absolute atomic E-state index is 12.5. The summed E-state index contributed by atoms with van der Waals surface area (Å²) in [6.07, 6.45) is 2.86. The first-order valence-electron chi connectivity index (χ1n) is 9.43. The van der Waals surface area contributed by atoms with Crippen LogP contribution in [-0.4, -0.2) is 47.7 Å². The lowest BCUT2D eigenvalue weighted by Gasteiger charge is -2.32. The van der Waals surface area contributed by atoms with Gasteiger partial charge in [-0.1, -0.05) is 42.5 Å². The number of nitrogens with zero attached hydrogens (tertiary/aromatic N) is 1. The molecule has 27 heavy (non-hydrogen) atoms. The predicted octanol–water partition coefficient (Wildman–Crippen LogP) is 2.89. The standard InChI is InChI=1S/C22H23NO4/c24-21(23-10-11-27-14-20(23)22(25)26)7-3-4-15-8-9-17-13-16-5-1-2-6-18(16)19(17)12-15/h1-2,5-6,8-9,12,20H,3-4,7,10-11,13-14H2,(H,25,26). The normalized spacial score (nSPS) is 18.1. The number of carboxylic acid groups (broad SMARTS) is 1. The molecular formula is C22H23NO4. The van der Waals surface area contributed by atoms with Crippen molar-refractivity contribution >= 4 is 11.9 Å². The van der Waals surface area contributed by atoms with Gasteiger partial charge in [-0.25, -0.2) is 4.79 Å². The second-order valence-electron chi connectivity index (χ2n) is 7.20. The summed E-state index contributed by atoms with van der Waals surface area (Å²) in [6.45, 7) is 0.830. The van der Waals surface area contributed by atoms with Gasteiger partial charge in [0.15, 0.2) is 6.04 Å². The predicted molar refractivity (Wildman–Crippen MR) is 102 cm³/mol. The number of hydrogen-bond acceptors (Lipinski definition) is 3. The third-order valence-corrected chi connectivity index (χ3v) is 5.45. The fourth-order valence-corrected chi connectivity index (χ4v) is 4.02. The average Bonchev–Trinajstić information content (AvgIpc) is 3.06. The molecule has 1 aliphatic carbocycles. The van der Waals surface area contributed by atoms with E-state index >= 15 is 0 Å². The molecule has 5 heteroatoms. The van der Waals surface area contributed by atoms with Crippen LogP contribution in [0.3, 0.4) is 0 Å². The van der Waals surface area contributed by atoms with Crippen LogP contribution in [0.2, 0.25) is 0 Å². The SMILES string of the molecule is O=C(O)C1COCCN1C(=O)CCCc1ccc2c(c1)-c1ccccc1C2. The molecule has 5 nitrogen and oxygen atoms in total. The van der Waals surface area contributed by atoms with E-state index in [1.165, 1.54) is 32.7 Å². The van der Waals surface area contributed by atoms with Crippen molar-refractivity contribution < 1.29 is 19.4 Å². The summed E-state index contributed by atoms with van der Waals surface area (Å²) >= 11 is 0.